The lowest BCUT2D eigenvalue weighted by Gasteiger charge is -2.36. The molecule has 78 heavy (non-hydrogen) atoms. The van der Waals surface area contributed by atoms with Crippen molar-refractivity contribution in [2.24, 2.45) is 0 Å². The Balaban J connectivity index is 1.20. The Kier molecular flexibility index (Phi) is 15.2. The summed E-state index contributed by atoms with van der Waals surface area (Å²) in [4.78, 5) is 5.61. The highest BCUT2D eigenvalue weighted by atomic mass is 32.1. The molecule has 0 saturated carbocycles. The summed E-state index contributed by atoms with van der Waals surface area (Å²) in [6.07, 6.45) is 18.5. The van der Waals surface area contributed by atoms with E-state index in [2.05, 4.69) is 215 Å². The molecule has 8 aromatic rings. The van der Waals surface area contributed by atoms with E-state index in [1.807, 2.05) is 22.7 Å². The van der Waals surface area contributed by atoms with Gasteiger partial charge in [0.05, 0.1) is 10.8 Å². The van der Waals surface area contributed by atoms with Gasteiger partial charge >= 0.3 is 0 Å². The molecule has 0 N–H and O–H groups in total. The summed E-state index contributed by atoms with van der Waals surface area (Å²) in [5.74, 6) is 0.510. The van der Waals surface area contributed by atoms with Gasteiger partial charge in [-0.1, -0.05) is 241 Å². The van der Waals surface area contributed by atoms with Gasteiger partial charge in [-0.05, 0) is 187 Å². The van der Waals surface area contributed by atoms with Crippen LogP contribution in [0.5, 0.6) is 0 Å². The Bertz CT molecular complexity index is 3430. The first-order valence-electron chi connectivity index (χ1n) is 30.3. The summed E-state index contributed by atoms with van der Waals surface area (Å²) in [7, 11) is 0. The fourth-order valence-corrected chi connectivity index (χ4v) is 16.6. The monoisotopic (exact) mass is 1060 g/mol. The molecule has 3 atom stereocenters. The molecule has 0 amide bonds. The molecule has 11 rings (SSSR count). The molecule has 3 aliphatic rings. The fourth-order valence-electron chi connectivity index (χ4n) is 14.1. The Morgan fingerprint density at radius 3 is 1.51 bits per heavy atom. The van der Waals surface area contributed by atoms with E-state index in [-0.39, 0.29) is 10.8 Å². The Morgan fingerprint density at radius 1 is 0.500 bits per heavy atom. The Hall–Kier alpha value is -5.54. The number of allylic oxidation sites excluding steroid dienone is 1. The van der Waals surface area contributed by atoms with E-state index < -0.39 is 10.8 Å². The zero-order chi connectivity index (χ0) is 54.6. The first-order chi connectivity index (χ1) is 37.6. The number of thiophene rings is 2. The van der Waals surface area contributed by atoms with Crippen molar-refractivity contribution in [3.8, 4) is 31.3 Å². The minimum Gasteiger partial charge on any atom is -0.139 e. The standard InChI is InChI=1S/C76H86S2/c1-12-15-18-21-24-53-28-37-58(38-29-53)75(60-41-32-55(33-42-60)51(5)23-20-17-14-3)65-46-63-66(45-62(65)71-67(75)47-69(77-71)56-34-43-61-52(6)49-74(10,11)64(61)44-56)76(57-35-26-50(4)27-36-57,68-48-70(73(7,8)9)78-72(63)68)59-39-30-54(31-40-59)25-22-19-16-13-2/h26-48,51H,6,12-25,49H2,1-5,7-11H3. The van der Waals surface area contributed by atoms with Gasteiger partial charge in [-0.25, -0.2) is 0 Å². The molecule has 2 heteroatoms. The maximum absolute atomic E-state index is 4.55. The van der Waals surface area contributed by atoms with Crippen LogP contribution in [0.4, 0.5) is 0 Å². The third-order valence-corrected chi connectivity index (χ3v) is 21.4. The van der Waals surface area contributed by atoms with Gasteiger partial charge in [-0.2, -0.15) is 0 Å². The van der Waals surface area contributed by atoms with E-state index >= 15 is 0 Å². The van der Waals surface area contributed by atoms with Crippen LogP contribution in [0.25, 0.3) is 36.9 Å². The SMILES string of the molecule is C=C1CC(C)(C)c2cc(-c3cc4c(s3)-c3cc5c(cc3C4(c3ccc(CCCCCC)cc3)c3ccc(C(C)CCCCC)cc3)-c3sc(C(C)(C)C)cc3C5(c3ccc(C)cc3)c3ccc(CCCCCC)cc3)ccc21. The third-order valence-electron chi connectivity index (χ3n) is 18.6. The number of rotatable bonds is 20. The van der Waals surface area contributed by atoms with E-state index in [9.17, 15) is 0 Å². The highest BCUT2D eigenvalue weighted by Crippen LogP contribution is 2.66. The Labute approximate surface area is 478 Å². The van der Waals surface area contributed by atoms with E-state index in [1.54, 1.807) is 0 Å². The zero-order valence-electron chi connectivity index (χ0n) is 49.0. The normalized spacial score (nSPS) is 18.2. The Morgan fingerprint density at radius 2 is 0.987 bits per heavy atom. The van der Waals surface area contributed by atoms with Crippen LogP contribution in [0, 0.1) is 6.92 Å². The molecule has 0 spiro atoms. The summed E-state index contributed by atoms with van der Waals surface area (Å²) < 4.78 is 0. The highest BCUT2D eigenvalue weighted by molar-refractivity contribution is 7.19. The number of fused-ring (bicyclic) bond motifs is 7. The van der Waals surface area contributed by atoms with Crippen molar-refractivity contribution in [1.82, 2.24) is 0 Å². The molecule has 6 aromatic carbocycles. The number of aryl methyl sites for hydroxylation is 3. The van der Waals surface area contributed by atoms with Crippen LogP contribution in [0.1, 0.15) is 234 Å². The molecule has 0 fully saturated rings. The number of hydrogen-bond acceptors (Lipinski definition) is 2. The first kappa shape index (κ1) is 54.4. The summed E-state index contributed by atoms with van der Waals surface area (Å²) >= 11 is 4.06. The van der Waals surface area contributed by atoms with Gasteiger partial charge in [0.15, 0.2) is 0 Å². The van der Waals surface area contributed by atoms with Crippen molar-refractivity contribution >= 4 is 28.2 Å². The molecule has 0 radical (unpaired) electrons. The molecule has 2 aromatic heterocycles. The van der Waals surface area contributed by atoms with Crippen molar-refractivity contribution in [2.45, 2.75) is 193 Å². The topological polar surface area (TPSA) is 0 Å². The average molecular weight is 1060 g/mol. The second kappa shape index (κ2) is 21.8. The minimum absolute atomic E-state index is 0.00863. The van der Waals surface area contributed by atoms with E-state index in [4.69, 9.17) is 0 Å². The quantitative estimate of drug-likeness (QED) is 0.0668. The molecule has 0 nitrogen and oxygen atoms in total. The lowest BCUT2D eigenvalue weighted by atomic mass is 9.65. The van der Waals surface area contributed by atoms with E-state index in [0.29, 0.717) is 5.92 Å². The molecule has 3 unspecified atom stereocenters. The van der Waals surface area contributed by atoms with Crippen LogP contribution in [0.3, 0.4) is 0 Å². The van der Waals surface area contributed by atoms with Crippen molar-refractivity contribution in [1.29, 1.82) is 0 Å². The summed E-state index contributed by atoms with van der Waals surface area (Å²) in [5.41, 5.74) is 23.8. The summed E-state index contributed by atoms with van der Waals surface area (Å²) in [5, 5.41) is 0. The minimum atomic E-state index is -0.553. The van der Waals surface area contributed by atoms with E-state index in [1.165, 1.54) is 197 Å². The molecule has 0 bridgehead atoms. The molecule has 402 valence electrons. The maximum atomic E-state index is 4.55. The van der Waals surface area contributed by atoms with Gasteiger partial charge in [-0.15, -0.1) is 22.7 Å². The van der Waals surface area contributed by atoms with Gasteiger partial charge in [-0.3, -0.25) is 0 Å². The van der Waals surface area contributed by atoms with E-state index in [0.717, 1.165) is 19.3 Å². The second-order valence-electron chi connectivity index (χ2n) is 25.7. The van der Waals surface area contributed by atoms with Gasteiger partial charge in [0, 0.05) is 19.5 Å². The number of hydrogen-bond donors (Lipinski definition) is 0. The van der Waals surface area contributed by atoms with Crippen LogP contribution < -0.4 is 0 Å². The smallest absolute Gasteiger partial charge is 0.0722 e. The average Bonchev–Trinajstić information content (AvgIpc) is 3.04. The number of benzene rings is 6. The maximum Gasteiger partial charge on any atom is 0.0722 e. The lowest BCUT2D eigenvalue weighted by molar-refractivity contribution is 0.563. The van der Waals surface area contributed by atoms with Crippen LogP contribution >= 0.6 is 22.7 Å². The molecule has 2 heterocycles. The van der Waals surface area contributed by atoms with Crippen LogP contribution in [-0.4, -0.2) is 0 Å². The first-order valence-corrected chi connectivity index (χ1v) is 31.9. The second-order valence-corrected chi connectivity index (χ2v) is 27.8. The fraction of sp³-hybridized carbons (Fsp3) is 0.395. The van der Waals surface area contributed by atoms with Gasteiger partial charge < -0.3 is 0 Å². The molecular formula is C76H86S2. The number of unbranched alkanes of at least 4 members (excludes halogenated alkanes) is 8. The van der Waals surface area contributed by atoms with Crippen molar-refractivity contribution < 1.29 is 0 Å². The molecular weight excluding hydrogens is 977 g/mol. The molecule has 0 saturated heterocycles. The summed E-state index contributed by atoms with van der Waals surface area (Å²) in [6.45, 7) is 28.2. The van der Waals surface area contributed by atoms with Crippen molar-refractivity contribution in [3.63, 3.8) is 0 Å². The van der Waals surface area contributed by atoms with Crippen molar-refractivity contribution in [3.05, 3.63) is 229 Å². The third kappa shape index (κ3) is 9.47. The lowest BCUT2D eigenvalue weighted by Crippen LogP contribution is -2.30. The summed E-state index contributed by atoms with van der Waals surface area (Å²) in [6, 6.07) is 57.6. The zero-order valence-corrected chi connectivity index (χ0v) is 50.6. The molecule has 0 aliphatic heterocycles. The van der Waals surface area contributed by atoms with Gasteiger partial charge in [0.25, 0.3) is 0 Å². The van der Waals surface area contributed by atoms with Gasteiger partial charge in [0.1, 0.15) is 0 Å². The van der Waals surface area contributed by atoms with Crippen molar-refractivity contribution in [2.75, 3.05) is 0 Å². The van der Waals surface area contributed by atoms with Gasteiger partial charge in [0.2, 0.25) is 0 Å². The van der Waals surface area contributed by atoms with Crippen LogP contribution in [-0.2, 0) is 34.5 Å². The van der Waals surface area contributed by atoms with Crippen LogP contribution in [0.15, 0.2) is 146 Å². The largest absolute Gasteiger partial charge is 0.139 e. The molecule has 3 aliphatic carbocycles. The predicted octanol–water partition coefficient (Wildman–Crippen LogP) is 22.4. The predicted molar refractivity (Wildman–Crippen MR) is 341 cm³/mol. The highest BCUT2D eigenvalue weighted by Gasteiger charge is 2.53. The van der Waals surface area contributed by atoms with Crippen LogP contribution in [0.2, 0.25) is 0 Å².